The van der Waals surface area contributed by atoms with E-state index in [1.54, 1.807) is 6.07 Å². The Hall–Kier alpha value is -1.89. The molecule has 0 amide bonds. The van der Waals surface area contributed by atoms with Crippen LogP contribution in [0.5, 0.6) is 0 Å². The minimum atomic E-state index is -0.147. The van der Waals surface area contributed by atoms with Gasteiger partial charge in [0.25, 0.3) is 0 Å². The van der Waals surface area contributed by atoms with Crippen LogP contribution in [0.15, 0.2) is 55.1 Å². The largest absolute Gasteiger partial charge is 0.206 e. The topological polar surface area (TPSA) is 0 Å². The van der Waals surface area contributed by atoms with Crippen LogP contribution in [-0.4, -0.2) is 0 Å². The van der Waals surface area contributed by atoms with Crippen LogP contribution in [0.1, 0.15) is 24.5 Å². The van der Waals surface area contributed by atoms with Crippen LogP contribution in [0.25, 0.3) is 11.1 Å². The van der Waals surface area contributed by atoms with E-state index in [4.69, 9.17) is 0 Å². The summed E-state index contributed by atoms with van der Waals surface area (Å²) in [6, 6.07) is 13.6. The number of hydrogen-bond acceptors (Lipinski definition) is 0. The Balaban J connectivity index is 2.26. The van der Waals surface area contributed by atoms with Gasteiger partial charge in [0, 0.05) is 5.56 Å². The molecule has 0 aliphatic carbocycles. The Kier molecular flexibility index (Phi) is 4.51. The molecule has 0 aromatic heterocycles. The van der Waals surface area contributed by atoms with Crippen molar-refractivity contribution in [2.24, 2.45) is 0 Å². The molecule has 2 aromatic rings. The van der Waals surface area contributed by atoms with E-state index in [-0.39, 0.29) is 5.82 Å². The number of rotatable bonds is 5. The zero-order valence-electron chi connectivity index (χ0n) is 11.3. The first-order valence-corrected chi connectivity index (χ1v) is 6.73. The maximum atomic E-state index is 14.1. The van der Waals surface area contributed by atoms with Gasteiger partial charge < -0.3 is 0 Å². The van der Waals surface area contributed by atoms with Gasteiger partial charge in [-0.05, 0) is 42.0 Å². The monoisotopic (exact) mass is 254 g/mol. The summed E-state index contributed by atoms with van der Waals surface area (Å²) in [5, 5.41) is 0. The van der Waals surface area contributed by atoms with Gasteiger partial charge in [-0.15, -0.1) is 6.58 Å². The summed E-state index contributed by atoms with van der Waals surface area (Å²) in [5.41, 5.74) is 3.90. The second kappa shape index (κ2) is 6.33. The highest BCUT2D eigenvalue weighted by Crippen LogP contribution is 2.24. The van der Waals surface area contributed by atoms with Crippen molar-refractivity contribution in [3.63, 3.8) is 0 Å². The molecule has 0 unspecified atom stereocenters. The normalized spacial score (nSPS) is 10.4. The maximum absolute atomic E-state index is 14.1. The van der Waals surface area contributed by atoms with Crippen LogP contribution < -0.4 is 0 Å². The number of aryl methyl sites for hydroxylation is 2. The fourth-order valence-electron chi connectivity index (χ4n) is 2.14. The highest BCUT2D eigenvalue weighted by molar-refractivity contribution is 5.64. The summed E-state index contributed by atoms with van der Waals surface area (Å²) in [5.74, 6) is -0.147. The third-order valence-electron chi connectivity index (χ3n) is 3.34. The molecular formula is C18H19F. The van der Waals surface area contributed by atoms with Gasteiger partial charge in [0.2, 0.25) is 0 Å². The van der Waals surface area contributed by atoms with Gasteiger partial charge in [0.1, 0.15) is 5.82 Å². The van der Waals surface area contributed by atoms with Crippen LogP contribution in [0.4, 0.5) is 4.39 Å². The Labute approximate surface area is 114 Å². The van der Waals surface area contributed by atoms with Crippen molar-refractivity contribution in [1.82, 2.24) is 0 Å². The van der Waals surface area contributed by atoms with Crippen molar-refractivity contribution in [3.8, 4) is 11.1 Å². The van der Waals surface area contributed by atoms with E-state index in [1.807, 2.05) is 30.3 Å². The molecule has 0 saturated carbocycles. The van der Waals surface area contributed by atoms with Gasteiger partial charge in [-0.2, -0.15) is 0 Å². The molecule has 0 aliphatic rings. The molecule has 0 N–H and O–H groups in total. The molecule has 0 bridgehead atoms. The Morgan fingerprint density at radius 3 is 2.32 bits per heavy atom. The van der Waals surface area contributed by atoms with E-state index in [2.05, 4.69) is 25.6 Å². The highest BCUT2D eigenvalue weighted by atomic mass is 19.1. The fraction of sp³-hybridized carbons (Fsp3) is 0.222. The summed E-state index contributed by atoms with van der Waals surface area (Å²) < 4.78 is 14.1. The molecule has 0 fully saturated rings. The number of allylic oxidation sites excluding steroid dienone is 1. The molecule has 98 valence electrons. The Morgan fingerprint density at radius 1 is 1.05 bits per heavy atom. The van der Waals surface area contributed by atoms with Gasteiger partial charge >= 0.3 is 0 Å². The van der Waals surface area contributed by atoms with E-state index in [0.29, 0.717) is 5.56 Å². The SMILES string of the molecule is C=CCCc1ccc(-c2ccc(CC)cc2)c(F)c1. The van der Waals surface area contributed by atoms with Gasteiger partial charge in [-0.1, -0.05) is 49.4 Å². The lowest BCUT2D eigenvalue weighted by molar-refractivity contribution is 0.629. The lowest BCUT2D eigenvalue weighted by atomic mass is 10.00. The second-order valence-electron chi connectivity index (χ2n) is 4.69. The zero-order chi connectivity index (χ0) is 13.7. The predicted octanol–water partition coefficient (Wildman–Crippen LogP) is 5.17. The highest BCUT2D eigenvalue weighted by Gasteiger charge is 2.06. The van der Waals surface area contributed by atoms with E-state index in [1.165, 1.54) is 5.56 Å². The quantitative estimate of drug-likeness (QED) is 0.645. The van der Waals surface area contributed by atoms with E-state index < -0.39 is 0 Å². The van der Waals surface area contributed by atoms with E-state index in [0.717, 1.165) is 30.4 Å². The van der Waals surface area contributed by atoms with Gasteiger partial charge in [0.05, 0.1) is 0 Å². The van der Waals surface area contributed by atoms with Crippen molar-refractivity contribution in [2.45, 2.75) is 26.2 Å². The summed E-state index contributed by atoms with van der Waals surface area (Å²) in [4.78, 5) is 0. The fourth-order valence-corrected chi connectivity index (χ4v) is 2.14. The van der Waals surface area contributed by atoms with Crippen LogP contribution in [0.3, 0.4) is 0 Å². The third kappa shape index (κ3) is 3.31. The summed E-state index contributed by atoms with van der Waals surface area (Å²) in [7, 11) is 0. The first kappa shape index (κ1) is 13.5. The molecule has 0 spiro atoms. The molecule has 0 radical (unpaired) electrons. The van der Waals surface area contributed by atoms with Gasteiger partial charge in [-0.3, -0.25) is 0 Å². The summed E-state index contributed by atoms with van der Waals surface area (Å²) >= 11 is 0. The van der Waals surface area contributed by atoms with Crippen molar-refractivity contribution in [2.75, 3.05) is 0 Å². The minimum Gasteiger partial charge on any atom is -0.206 e. The van der Waals surface area contributed by atoms with Crippen molar-refractivity contribution in [1.29, 1.82) is 0 Å². The molecular weight excluding hydrogens is 235 g/mol. The van der Waals surface area contributed by atoms with E-state index in [9.17, 15) is 4.39 Å². The van der Waals surface area contributed by atoms with Gasteiger partial charge in [0.15, 0.2) is 0 Å². The number of hydrogen-bond donors (Lipinski definition) is 0. The minimum absolute atomic E-state index is 0.147. The molecule has 2 aromatic carbocycles. The Bertz CT molecular complexity index is 552. The average molecular weight is 254 g/mol. The predicted molar refractivity (Wildman–Crippen MR) is 79.7 cm³/mol. The standard InChI is InChI=1S/C18H19F/c1-3-5-6-15-9-12-17(18(19)13-15)16-10-7-14(4-2)8-11-16/h3,7-13H,1,4-6H2,2H3. The lowest BCUT2D eigenvalue weighted by Gasteiger charge is -2.07. The van der Waals surface area contributed by atoms with Crippen molar-refractivity contribution >= 4 is 0 Å². The second-order valence-corrected chi connectivity index (χ2v) is 4.69. The molecule has 0 heterocycles. The van der Waals surface area contributed by atoms with Gasteiger partial charge in [-0.25, -0.2) is 4.39 Å². The van der Waals surface area contributed by atoms with Crippen LogP contribution in [-0.2, 0) is 12.8 Å². The molecule has 0 aliphatic heterocycles. The first-order chi connectivity index (χ1) is 9.24. The van der Waals surface area contributed by atoms with Crippen molar-refractivity contribution < 1.29 is 4.39 Å². The average Bonchev–Trinajstić information content (AvgIpc) is 2.45. The number of halogens is 1. The van der Waals surface area contributed by atoms with Crippen LogP contribution in [0.2, 0.25) is 0 Å². The summed E-state index contributed by atoms with van der Waals surface area (Å²) in [6.45, 7) is 5.80. The maximum Gasteiger partial charge on any atom is 0.131 e. The van der Waals surface area contributed by atoms with Crippen LogP contribution in [0, 0.1) is 5.82 Å². The van der Waals surface area contributed by atoms with Crippen LogP contribution >= 0.6 is 0 Å². The summed E-state index contributed by atoms with van der Waals surface area (Å²) in [6.07, 6.45) is 4.58. The molecule has 0 atom stereocenters. The molecule has 2 rings (SSSR count). The smallest absolute Gasteiger partial charge is 0.131 e. The zero-order valence-corrected chi connectivity index (χ0v) is 11.3. The molecule has 0 nitrogen and oxygen atoms in total. The third-order valence-corrected chi connectivity index (χ3v) is 3.34. The number of benzene rings is 2. The lowest BCUT2D eigenvalue weighted by Crippen LogP contribution is -1.90. The van der Waals surface area contributed by atoms with E-state index >= 15 is 0 Å². The first-order valence-electron chi connectivity index (χ1n) is 6.73. The molecule has 1 heteroatoms. The Morgan fingerprint density at radius 2 is 1.74 bits per heavy atom. The molecule has 19 heavy (non-hydrogen) atoms. The molecule has 0 saturated heterocycles. The van der Waals surface area contributed by atoms with Crippen molar-refractivity contribution in [3.05, 3.63) is 72.1 Å².